The quantitative estimate of drug-likeness (QED) is 0.607. The summed E-state index contributed by atoms with van der Waals surface area (Å²) in [7, 11) is 0. The van der Waals surface area contributed by atoms with Crippen molar-refractivity contribution in [3.63, 3.8) is 0 Å². The molecule has 0 saturated carbocycles. The third-order valence-corrected chi connectivity index (χ3v) is 5.14. The molecule has 1 aliphatic rings. The lowest BCUT2D eigenvalue weighted by molar-refractivity contribution is -0.113. The molecule has 0 N–H and O–H groups in total. The van der Waals surface area contributed by atoms with Crippen molar-refractivity contribution in [2.75, 3.05) is 4.90 Å². The summed E-state index contributed by atoms with van der Waals surface area (Å²) in [6.45, 7) is 4.27. The Kier molecular flexibility index (Phi) is 3.90. The van der Waals surface area contributed by atoms with Crippen LogP contribution in [0.15, 0.2) is 66.2 Å². The van der Waals surface area contributed by atoms with Crippen molar-refractivity contribution >= 4 is 51.1 Å². The van der Waals surface area contributed by atoms with Crippen LogP contribution in [-0.2, 0) is 11.3 Å². The maximum Gasteiger partial charge on any atom is 0.298 e. The van der Waals surface area contributed by atoms with Gasteiger partial charge in [0, 0.05) is 23.2 Å². The minimum absolute atomic E-state index is 0.250. The van der Waals surface area contributed by atoms with Gasteiger partial charge in [-0.1, -0.05) is 48.5 Å². The number of nitrogens with zero attached hydrogens (tertiary/aromatic N) is 2. The maximum atomic E-state index is 12.3. The van der Waals surface area contributed by atoms with E-state index in [0.29, 0.717) is 17.3 Å². The lowest BCUT2D eigenvalue weighted by Gasteiger charge is -2.10. The van der Waals surface area contributed by atoms with Gasteiger partial charge >= 0.3 is 0 Å². The van der Waals surface area contributed by atoms with Crippen molar-refractivity contribution in [3.05, 3.63) is 76.8 Å². The summed E-state index contributed by atoms with van der Waals surface area (Å²) < 4.78 is 2.03. The number of imide groups is 1. The SMILES string of the molecule is C=C1SC(=O)N(c2cn(Cc3ccc(Cl)cc3)c3ccccc23)C1=O. The van der Waals surface area contributed by atoms with Crippen molar-refractivity contribution in [2.24, 2.45) is 0 Å². The Hall–Kier alpha value is -2.50. The first kappa shape index (κ1) is 16.0. The molecular weight excluding hydrogens is 356 g/mol. The molecule has 1 saturated heterocycles. The van der Waals surface area contributed by atoms with Crippen molar-refractivity contribution in [2.45, 2.75) is 6.54 Å². The van der Waals surface area contributed by atoms with Crippen LogP contribution in [0.2, 0.25) is 5.02 Å². The normalized spacial score (nSPS) is 14.8. The molecule has 3 aromatic rings. The fraction of sp³-hybridized carbons (Fsp3) is 0.0526. The molecule has 0 radical (unpaired) electrons. The predicted octanol–water partition coefficient (Wildman–Crippen LogP) is 5.06. The van der Waals surface area contributed by atoms with E-state index in [0.717, 1.165) is 28.2 Å². The third kappa shape index (κ3) is 2.75. The molecule has 0 bridgehead atoms. The number of hydrogen-bond acceptors (Lipinski definition) is 3. The van der Waals surface area contributed by atoms with Crippen LogP contribution in [0.1, 0.15) is 5.56 Å². The van der Waals surface area contributed by atoms with Crippen molar-refractivity contribution in [1.82, 2.24) is 4.57 Å². The van der Waals surface area contributed by atoms with E-state index in [-0.39, 0.29) is 16.1 Å². The molecule has 2 aromatic carbocycles. The van der Waals surface area contributed by atoms with Crippen LogP contribution in [0.4, 0.5) is 10.5 Å². The Morgan fingerprint density at radius 3 is 2.44 bits per heavy atom. The van der Waals surface area contributed by atoms with E-state index in [4.69, 9.17) is 11.6 Å². The van der Waals surface area contributed by atoms with Gasteiger partial charge in [-0.3, -0.25) is 9.59 Å². The largest absolute Gasteiger partial charge is 0.341 e. The number of amides is 2. The predicted molar refractivity (Wildman–Crippen MR) is 102 cm³/mol. The van der Waals surface area contributed by atoms with Crippen LogP contribution in [0, 0.1) is 0 Å². The van der Waals surface area contributed by atoms with Gasteiger partial charge in [0.05, 0.1) is 16.1 Å². The molecule has 1 aliphatic heterocycles. The maximum absolute atomic E-state index is 12.3. The number of hydrogen-bond donors (Lipinski definition) is 0. The van der Waals surface area contributed by atoms with Gasteiger partial charge in [0.15, 0.2) is 0 Å². The van der Waals surface area contributed by atoms with Crippen molar-refractivity contribution in [1.29, 1.82) is 0 Å². The molecule has 0 unspecified atom stereocenters. The highest BCUT2D eigenvalue weighted by molar-refractivity contribution is 8.18. The molecule has 2 heterocycles. The standard InChI is InChI=1S/C19H13ClN2O2S/c1-12-18(23)22(19(24)25-12)17-11-21(16-5-3-2-4-15(16)17)10-13-6-8-14(20)9-7-13/h2-9,11H,1,10H2. The summed E-state index contributed by atoms with van der Waals surface area (Å²) in [6.07, 6.45) is 1.84. The van der Waals surface area contributed by atoms with Crippen molar-refractivity contribution in [3.8, 4) is 0 Å². The first-order valence-electron chi connectivity index (χ1n) is 7.62. The minimum Gasteiger partial charge on any atom is -0.341 e. The second kappa shape index (κ2) is 6.10. The number of benzene rings is 2. The van der Waals surface area contributed by atoms with E-state index in [1.54, 1.807) is 0 Å². The summed E-state index contributed by atoms with van der Waals surface area (Å²) in [5.41, 5.74) is 2.62. The van der Waals surface area contributed by atoms with E-state index < -0.39 is 0 Å². The average molecular weight is 369 g/mol. The van der Waals surface area contributed by atoms with Gasteiger partial charge in [-0.05, 0) is 35.5 Å². The zero-order valence-corrected chi connectivity index (χ0v) is 14.7. The molecular formula is C19H13ClN2O2S. The number of aromatic nitrogens is 1. The highest BCUT2D eigenvalue weighted by Crippen LogP contribution is 2.38. The molecule has 0 aliphatic carbocycles. The van der Waals surface area contributed by atoms with Gasteiger partial charge in [0.25, 0.3) is 11.1 Å². The first-order valence-corrected chi connectivity index (χ1v) is 8.81. The Balaban J connectivity index is 1.81. The van der Waals surface area contributed by atoms with Crippen LogP contribution >= 0.6 is 23.4 Å². The van der Waals surface area contributed by atoms with Crippen molar-refractivity contribution < 1.29 is 9.59 Å². The zero-order chi connectivity index (χ0) is 17.6. The lowest BCUT2D eigenvalue weighted by Crippen LogP contribution is -2.27. The van der Waals surface area contributed by atoms with Gasteiger partial charge in [-0.25, -0.2) is 4.90 Å². The molecule has 4 rings (SSSR count). The molecule has 1 fully saturated rings. The van der Waals surface area contributed by atoms with Crippen LogP contribution in [0.5, 0.6) is 0 Å². The second-order valence-electron chi connectivity index (χ2n) is 5.72. The molecule has 124 valence electrons. The number of thioether (sulfide) groups is 1. The van der Waals surface area contributed by atoms with E-state index >= 15 is 0 Å². The van der Waals surface area contributed by atoms with Gasteiger partial charge in [-0.2, -0.15) is 0 Å². The monoisotopic (exact) mass is 368 g/mol. The summed E-state index contributed by atoms with van der Waals surface area (Å²) in [6, 6.07) is 15.3. The van der Waals surface area contributed by atoms with Crippen LogP contribution in [0.3, 0.4) is 0 Å². The highest BCUT2D eigenvalue weighted by Gasteiger charge is 2.36. The van der Waals surface area contributed by atoms with Crippen LogP contribution in [-0.4, -0.2) is 15.7 Å². The Bertz CT molecular complexity index is 1020. The fourth-order valence-corrected chi connectivity index (χ4v) is 3.72. The molecule has 6 heteroatoms. The molecule has 0 atom stereocenters. The van der Waals surface area contributed by atoms with Gasteiger partial charge < -0.3 is 4.57 Å². The van der Waals surface area contributed by atoms with E-state index in [2.05, 4.69) is 6.58 Å². The van der Waals surface area contributed by atoms with E-state index in [9.17, 15) is 9.59 Å². The molecule has 1 aromatic heterocycles. The Labute approximate surface area is 153 Å². The number of halogens is 1. The van der Waals surface area contributed by atoms with E-state index in [1.807, 2.05) is 59.3 Å². The second-order valence-corrected chi connectivity index (χ2v) is 7.20. The molecule has 0 spiro atoms. The summed E-state index contributed by atoms with van der Waals surface area (Å²) in [4.78, 5) is 26.0. The van der Waals surface area contributed by atoms with E-state index in [1.165, 1.54) is 4.90 Å². The van der Waals surface area contributed by atoms with Gasteiger partial charge in [0.2, 0.25) is 0 Å². The summed E-state index contributed by atoms with van der Waals surface area (Å²) in [5, 5.41) is 1.23. The molecule has 2 amide bonds. The van der Waals surface area contributed by atoms with Gasteiger partial charge in [-0.15, -0.1) is 0 Å². The van der Waals surface area contributed by atoms with Gasteiger partial charge in [0.1, 0.15) is 0 Å². The topological polar surface area (TPSA) is 42.3 Å². The smallest absolute Gasteiger partial charge is 0.298 e. The molecule has 4 nitrogen and oxygen atoms in total. The Morgan fingerprint density at radius 2 is 1.76 bits per heavy atom. The lowest BCUT2D eigenvalue weighted by atomic mass is 10.2. The summed E-state index contributed by atoms with van der Waals surface area (Å²) in [5.74, 6) is -0.357. The van der Waals surface area contributed by atoms with Crippen LogP contribution < -0.4 is 4.90 Å². The number of rotatable bonds is 3. The Morgan fingerprint density at radius 1 is 1.04 bits per heavy atom. The van der Waals surface area contributed by atoms with Crippen LogP contribution in [0.25, 0.3) is 10.9 Å². The zero-order valence-electron chi connectivity index (χ0n) is 13.1. The fourth-order valence-electron chi connectivity index (χ4n) is 2.93. The highest BCUT2D eigenvalue weighted by atomic mass is 35.5. The number of carbonyl (C=O) groups is 2. The first-order chi connectivity index (χ1) is 12.0. The summed E-state index contributed by atoms with van der Waals surface area (Å²) >= 11 is 6.82. The number of carbonyl (C=O) groups excluding carboxylic acids is 2. The number of fused-ring (bicyclic) bond motifs is 1. The minimum atomic E-state index is -0.357. The number of para-hydroxylation sites is 1. The third-order valence-electron chi connectivity index (χ3n) is 4.11. The average Bonchev–Trinajstić information content (AvgIpc) is 3.07. The molecule has 25 heavy (non-hydrogen) atoms. The number of anilines is 1.